The molecule has 0 bridgehead atoms. The van der Waals surface area contributed by atoms with Crippen LogP contribution in [0.15, 0.2) is 20.1 Å². The molecule has 0 aliphatic carbocycles. The van der Waals surface area contributed by atoms with Crippen molar-refractivity contribution in [2.45, 2.75) is 9.65 Å². The van der Waals surface area contributed by atoms with Gasteiger partial charge in [0.25, 0.3) is 0 Å². The number of morpholine rings is 1. The molecule has 0 radical (unpaired) electrons. The molecule has 2 heterocycles. The summed E-state index contributed by atoms with van der Waals surface area (Å²) in [5.74, 6) is 0. The zero-order valence-electron chi connectivity index (χ0n) is 6.96. The molecule has 1 saturated heterocycles. The lowest BCUT2D eigenvalue weighted by atomic mass is 10.5. The number of ether oxygens (including phenoxy) is 1. The van der Waals surface area contributed by atoms with Gasteiger partial charge in [0.1, 0.15) is 5.44 Å². The van der Waals surface area contributed by atoms with Gasteiger partial charge in [-0.3, -0.25) is 0 Å². The van der Waals surface area contributed by atoms with Crippen LogP contribution in [0.5, 0.6) is 0 Å². The molecule has 0 aromatic carbocycles. The molecule has 1 aliphatic rings. The minimum Gasteiger partial charge on any atom is -0.365 e. The van der Waals surface area contributed by atoms with E-state index in [2.05, 4.69) is 33.4 Å². The Morgan fingerprint density at radius 3 is 3.15 bits per heavy atom. The van der Waals surface area contributed by atoms with E-state index in [9.17, 15) is 0 Å². The molecule has 1 fully saturated rings. The summed E-state index contributed by atoms with van der Waals surface area (Å²) in [4.78, 5) is 0. The number of nitrogens with one attached hydrogen (secondary N) is 1. The lowest BCUT2D eigenvalue weighted by Gasteiger charge is -2.22. The molecular formula is C8H10BrNOS2. The van der Waals surface area contributed by atoms with Crippen molar-refractivity contribution in [3.05, 3.63) is 15.9 Å². The first-order chi connectivity index (χ1) is 6.34. The second kappa shape index (κ2) is 4.79. The van der Waals surface area contributed by atoms with Gasteiger partial charge in [-0.25, -0.2) is 0 Å². The molecule has 2 rings (SSSR count). The van der Waals surface area contributed by atoms with Crippen LogP contribution in [0.25, 0.3) is 0 Å². The standard InChI is InChI=1S/C8H10BrNOS2/c9-6-1-2-8(12-6)13-7-5-10-3-4-11-7/h1-2,7,10H,3-5H2. The van der Waals surface area contributed by atoms with Crippen molar-refractivity contribution in [2.75, 3.05) is 19.7 Å². The third-order valence-corrected chi connectivity index (χ3v) is 4.58. The van der Waals surface area contributed by atoms with Gasteiger partial charge in [0.05, 0.1) is 14.6 Å². The van der Waals surface area contributed by atoms with E-state index in [1.165, 1.54) is 8.00 Å². The number of rotatable bonds is 2. The summed E-state index contributed by atoms with van der Waals surface area (Å²) >= 11 is 6.99. The zero-order chi connectivity index (χ0) is 9.10. The smallest absolute Gasteiger partial charge is 0.120 e. The maximum absolute atomic E-state index is 5.58. The average molecular weight is 280 g/mol. The molecule has 1 atom stereocenters. The fourth-order valence-corrected chi connectivity index (χ4v) is 4.10. The summed E-state index contributed by atoms with van der Waals surface area (Å²) in [6.07, 6.45) is 0. The van der Waals surface area contributed by atoms with Gasteiger partial charge >= 0.3 is 0 Å². The van der Waals surface area contributed by atoms with Crippen molar-refractivity contribution in [1.29, 1.82) is 0 Å². The van der Waals surface area contributed by atoms with Crippen LogP contribution in [0.1, 0.15) is 0 Å². The van der Waals surface area contributed by atoms with Gasteiger partial charge in [0.15, 0.2) is 0 Å². The van der Waals surface area contributed by atoms with Crippen LogP contribution in [-0.2, 0) is 4.74 Å². The van der Waals surface area contributed by atoms with Gasteiger partial charge < -0.3 is 10.1 Å². The lowest BCUT2D eigenvalue weighted by molar-refractivity contribution is 0.0853. The summed E-state index contributed by atoms with van der Waals surface area (Å²) in [5, 5.41) is 3.31. The first kappa shape index (κ1) is 9.98. The summed E-state index contributed by atoms with van der Waals surface area (Å²) in [6, 6.07) is 4.20. The summed E-state index contributed by atoms with van der Waals surface area (Å²) in [5.41, 5.74) is 0.277. The maximum atomic E-state index is 5.58. The van der Waals surface area contributed by atoms with Crippen molar-refractivity contribution in [2.24, 2.45) is 0 Å². The molecule has 13 heavy (non-hydrogen) atoms. The average Bonchev–Trinajstić information content (AvgIpc) is 2.53. The Labute approximate surface area is 94.2 Å². The summed E-state index contributed by atoms with van der Waals surface area (Å²) in [7, 11) is 0. The van der Waals surface area contributed by atoms with Crippen molar-refractivity contribution in [3.63, 3.8) is 0 Å². The molecule has 1 N–H and O–H groups in total. The molecule has 0 amide bonds. The van der Waals surface area contributed by atoms with Crippen LogP contribution in [0.2, 0.25) is 0 Å². The molecule has 1 aromatic rings. The number of thioether (sulfide) groups is 1. The van der Waals surface area contributed by atoms with Gasteiger partial charge in [-0.05, 0) is 28.1 Å². The highest BCUT2D eigenvalue weighted by atomic mass is 79.9. The van der Waals surface area contributed by atoms with E-state index in [4.69, 9.17) is 4.74 Å². The van der Waals surface area contributed by atoms with Gasteiger partial charge in [0.2, 0.25) is 0 Å². The van der Waals surface area contributed by atoms with Gasteiger partial charge in [-0.15, -0.1) is 11.3 Å². The van der Waals surface area contributed by atoms with Crippen molar-refractivity contribution in [3.8, 4) is 0 Å². The van der Waals surface area contributed by atoms with Crippen molar-refractivity contribution in [1.82, 2.24) is 5.32 Å². The molecule has 1 aromatic heterocycles. The van der Waals surface area contributed by atoms with Gasteiger partial charge in [-0.1, -0.05) is 11.8 Å². The van der Waals surface area contributed by atoms with E-state index < -0.39 is 0 Å². The SMILES string of the molecule is Brc1ccc(SC2CNCCO2)s1. The first-order valence-electron chi connectivity index (χ1n) is 4.09. The minimum atomic E-state index is 0.277. The molecule has 72 valence electrons. The third-order valence-electron chi connectivity index (χ3n) is 1.69. The van der Waals surface area contributed by atoms with Crippen LogP contribution >= 0.6 is 39.0 Å². The van der Waals surface area contributed by atoms with Crippen molar-refractivity contribution >= 4 is 39.0 Å². The Kier molecular flexibility index (Phi) is 3.68. The highest BCUT2D eigenvalue weighted by molar-refractivity contribution is 9.11. The Bertz CT molecular complexity index is 273. The highest BCUT2D eigenvalue weighted by Gasteiger charge is 2.15. The molecule has 1 aliphatic heterocycles. The van der Waals surface area contributed by atoms with Crippen LogP contribution < -0.4 is 5.32 Å². The normalized spacial score (nSPS) is 23.3. The van der Waals surface area contributed by atoms with E-state index in [0.29, 0.717) is 0 Å². The maximum Gasteiger partial charge on any atom is 0.120 e. The Hall–Kier alpha value is 0.450. The van der Waals surface area contributed by atoms with E-state index in [1.54, 1.807) is 23.1 Å². The molecule has 5 heteroatoms. The predicted molar refractivity (Wildman–Crippen MR) is 60.5 cm³/mol. The number of hydrogen-bond donors (Lipinski definition) is 1. The number of thiophene rings is 1. The quantitative estimate of drug-likeness (QED) is 0.899. The van der Waals surface area contributed by atoms with E-state index in [-0.39, 0.29) is 5.44 Å². The van der Waals surface area contributed by atoms with E-state index in [1.807, 2.05) is 0 Å². The molecule has 0 spiro atoms. The zero-order valence-corrected chi connectivity index (χ0v) is 10.2. The Morgan fingerprint density at radius 1 is 1.62 bits per heavy atom. The summed E-state index contributed by atoms with van der Waals surface area (Å²) in [6.45, 7) is 2.75. The monoisotopic (exact) mass is 279 g/mol. The minimum absolute atomic E-state index is 0.277. The second-order valence-corrected chi connectivity index (χ2v) is 6.60. The molecule has 2 nitrogen and oxygen atoms in total. The van der Waals surface area contributed by atoms with E-state index >= 15 is 0 Å². The van der Waals surface area contributed by atoms with Crippen LogP contribution in [0.4, 0.5) is 0 Å². The largest absolute Gasteiger partial charge is 0.365 e. The van der Waals surface area contributed by atoms with Gasteiger partial charge in [-0.2, -0.15) is 0 Å². The van der Waals surface area contributed by atoms with Crippen LogP contribution in [0.3, 0.4) is 0 Å². The fraction of sp³-hybridized carbons (Fsp3) is 0.500. The number of halogens is 1. The molecule has 0 saturated carbocycles. The fourth-order valence-electron chi connectivity index (χ4n) is 1.11. The molecule has 1 unspecified atom stereocenters. The van der Waals surface area contributed by atoms with Crippen molar-refractivity contribution < 1.29 is 4.74 Å². The third kappa shape index (κ3) is 2.95. The topological polar surface area (TPSA) is 21.3 Å². The summed E-state index contributed by atoms with van der Waals surface area (Å²) < 4.78 is 8.07. The second-order valence-electron chi connectivity index (χ2n) is 2.68. The molecular weight excluding hydrogens is 270 g/mol. The number of hydrogen-bond acceptors (Lipinski definition) is 4. The lowest BCUT2D eigenvalue weighted by Crippen LogP contribution is -2.36. The Balaban J connectivity index is 1.89. The van der Waals surface area contributed by atoms with Crippen LogP contribution in [0, 0.1) is 0 Å². The highest BCUT2D eigenvalue weighted by Crippen LogP contribution is 2.33. The predicted octanol–water partition coefficient (Wildman–Crippen LogP) is 2.55. The Morgan fingerprint density at radius 2 is 2.54 bits per heavy atom. The van der Waals surface area contributed by atoms with Gasteiger partial charge in [0, 0.05) is 13.1 Å². The first-order valence-corrected chi connectivity index (χ1v) is 6.58. The van der Waals surface area contributed by atoms with E-state index in [0.717, 1.165) is 19.7 Å². The van der Waals surface area contributed by atoms with Crippen LogP contribution in [-0.4, -0.2) is 25.1 Å².